The van der Waals surface area contributed by atoms with Gasteiger partial charge in [0.1, 0.15) is 0 Å². The van der Waals surface area contributed by atoms with Crippen LogP contribution in [0.3, 0.4) is 0 Å². The first kappa shape index (κ1) is 16.6. The van der Waals surface area contributed by atoms with Crippen molar-refractivity contribution in [3.63, 3.8) is 0 Å². The summed E-state index contributed by atoms with van der Waals surface area (Å²) in [6.45, 7) is 1.42. The first-order chi connectivity index (χ1) is 11.3. The van der Waals surface area contributed by atoms with Crippen molar-refractivity contribution in [1.82, 2.24) is 5.32 Å². The predicted molar refractivity (Wildman–Crippen MR) is 86.0 cm³/mol. The number of fused-ring (bicyclic) bond motifs is 1. The van der Waals surface area contributed by atoms with Gasteiger partial charge in [-0.3, -0.25) is 4.79 Å². The molecule has 0 radical (unpaired) electrons. The smallest absolute Gasteiger partial charge is 0.327 e. The maximum Gasteiger partial charge on any atom is 0.416 e. The van der Waals surface area contributed by atoms with Crippen molar-refractivity contribution < 1.29 is 18.0 Å². The Morgan fingerprint density at radius 3 is 2.79 bits per heavy atom. The Hall–Kier alpha value is -2.30. The third-order valence-electron chi connectivity index (χ3n) is 4.42. The molecule has 24 heavy (non-hydrogen) atoms. The zero-order valence-electron chi connectivity index (χ0n) is 13.2. The topological polar surface area (TPSA) is 29.1 Å². The van der Waals surface area contributed by atoms with Gasteiger partial charge in [0.2, 0.25) is 5.91 Å². The summed E-state index contributed by atoms with van der Waals surface area (Å²) in [4.78, 5) is 11.4. The van der Waals surface area contributed by atoms with Crippen LogP contribution in [-0.2, 0) is 11.0 Å². The fourth-order valence-corrected chi connectivity index (χ4v) is 3.40. The molecule has 0 bridgehead atoms. The fraction of sp³-hybridized carbons (Fsp3) is 0.316. The zero-order valence-corrected chi connectivity index (χ0v) is 13.2. The standard InChI is InChI=1S/C19H18F3NO/c1-12(24)23-16-10-14-5-2-3-8-17(14)18(11-16)13-6-4-7-15(9-13)19(20,21)22/h2,4-7,9-11,17-18H,3,8H2,1H3,(H,23,24). The first-order valence-corrected chi connectivity index (χ1v) is 7.89. The van der Waals surface area contributed by atoms with Crippen LogP contribution in [0.1, 0.15) is 36.8 Å². The van der Waals surface area contributed by atoms with Crippen LogP contribution in [0.2, 0.25) is 0 Å². The highest BCUT2D eigenvalue weighted by atomic mass is 19.4. The Morgan fingerprint density at radius 2 is 2.08 bits per heavy atom. The minimum atomic E-state index is -4.36. The van der Waals surface area contributed by atoms with Crippen molar-refractivity contribution in [3.05, 3.63) is 71.0 Å². The number of carbonyl (C=O) groups excluding carboxylic acids is 1. The average Bonchev–Trinajstić information content (AvgIpc) is 2.53. The van der Waals surface area contributed by atoms with Crippen LogP contribution in [-0.4, -0.2) is 5.91 Å². The van der Waals surface area contributed by atoms with E-state index in [9.17, 15) is 18.0 Å². The molecule has 0 spiro atoms. The van der Waals surface area contributed by atoms with Crippen molar-refractivity contribution in [3.8, 4) is 0 Å². The number of alkyl halides is 3. The number of nitrogens with one attached hydrogen (secondary N) is 1. The van der Waals surface area contributed by atoms with Gasteiger partial charge in [-0.15, -0.1) is 0 Å². The Labute approximate surface area is 138 Å². The summed E-state index contributed by atoms with van der Waals surface area (Å²) in [7, 11) is 0. The van der Waals surface area contributed by atoms with Gasteiger partial charge in [-0.1, -0.05) is 36.4 Å². The van der Waals surface area contributed by atoms with Crippen LogP contribution >= 0.6 is 0 Å². The molecule has 2 nitrogen and oxygen atoms in total. The lowest BCUT2D eigenvalue weighted by molar-refractivity contribution is -0.137. The van der Waals surface area contributed by atoms with E-state index >= 15 is 0 Å². The normalized spacial score (nSPS) is 23.2. The van der Waals surface area contributed by atoms with Crippen LogP contribution in [0.5, 0.6) is 0 Å². The van der Waals surface area contributed by atoms with Gasteiger partial charge in [0.15, 0.2) is 0 Å². The lowest BCUT2D eigenvalue weighted by Crippen LogP contribution is -2.25. The molecule has 0 aliphatic heterocycles. The van der Waals surface area contributed by atoms with Crippen molar-refractivity contribution >= 4 is 5.91 Å². The predicted octanol–water partition coefficient (Wildman–Crippen LogP) is 4.72. The van der Waals surface area contributed by atoms with E-state index in [4.69, 9.17) is 0 Å². The van der Waals surface area contributed by atoms with Crippen LogP contribution in [0.15, 0.2) is 59.8 Å². The van der Waals surface area contributed by atoms with Gasteiger partial charge in [-0.2, -0.15) is 13.2 Å². The number of rotatable bonds is 2. The Kier molecular flexibility index (Phi) is 4.35. The molecule has 0 aromatic heterocycles. The van der Waals surface area contributed by atoms with Crippen LogP contribution in [0.25, 0.3) is 0 Å². The Morgan fingerprint density at radius 1 is 1.29 bits per heavy atom. The third-order valence-corrected chi connectivity index (χ3v) is 4.42. The number of hydrogen-bond acceptors (Lipinski definition) is 1. The number of amides is 1. The molecule has 2 atom stereocenters. The Bertz CT molecular complexity index is 743. The molecule has 2 aliphatic rings. The Balaban J connectivity index is 2.01. The zero-order chi connectivity index (χ0) is 17.3. The number of allylic oxidation sites excluding steroid dienone is 5. The summed E-state index contributed by atoms with van der Waals surface area (Å²) in [5.74, 6) is -0.241. The summed E-state index contributed by atoms with van der Waals surface area (Å²) < 4.78 is 39.1. The van der Waals surface area contributed by atoms with E-state index in [1.165, 1.54) is 19.1 Å². The highest BCUT2D eigenvalue weighted by molar-refractivity contribution is 5.76. The second-order valence-electron chi connectivity index (χ2n) is 6.18. The summed E-state index contributed by atoms with van der Waals surface area (Å²) in [5, 5.41) is 2.75. The minimum absolute atomic E-state index is 0.135. The molecule has 1 amide bonds. The molecule has 0 heterocycles. The lowest BCUT2D eigenvalue weighted by Gasteiger charge is -2.33. The van der Waals surface area contributed by atoms with E-state index in [0.29, 0.717) is 11.3 Å². The second kappa shape index (κ2) is 6.30. The molecular formula is C19H18F3NO. The van der Waals surface area contributed by atoms with Crippen molar-refractivity contribution in [1.29, 1.82) is 0 Å². The second-order valence-corrected chi connectivity index (χ2v) is 6.18. The lowest BCUT2D eigenvalue weighted by atomic mass is 9.73. The highest BCUT2D eigenvalue weighted by Crippen LogP contribution is 2.42. The molecule has 1 aromatic rings. The van der Waals surface area contributed by atoms with E-state index in [1.807, 2.05) is 18.2 Å². The largest absolute Gasteiger partial charge is 0.416 e. The number of halogens is 3. The molecule has 0 fully saturated rings. The van der Waals surface area contributed by atoms with E-state index in [-0.39, 0.29) is 17.7 Å². The summed E-state index contributed by atoms with van der Waals surface area (Å²) in [6.07, 6.45) is 5.26. The maximum atomic E-state index is 13.0. The van der Waals surface area contributed by atoms with E-state index in [0.717, 1.165) is 24.5 Å². The van der Waals surface area contributed by atoms with E-state index in [2.05, 4.69) is 11.4 Å². The van der Waals surface area contributed by atoms with Gasteiger partial charge in [-0.05, 0) is 42.0 Å². The number of hydrogen-bond donors (Lipinski definition) is 1. The van der Waals surface area contributed by atoms with E-state index < -0.39 is 11.7 Å². The van der Waals surface area contributed by atoms with Gasteiger partial charge in [0, 0.05) is 18.5 Å². The summed E-state index contributed by atoms with van der Waals surface area (Å²) in [6, 6.07) is 5.47. The fourth-order valence-electron chi connectivity index (χ4n) is 3.40. The van der Waals surface area contributed by atoms with Crippen molar-refractivity contribution in [2.45, 2.75) is 31.9 Å². The molecule has 2 aliphatic carbocycles. The highest BCUT2D eigenvalue weighted by Gasteiger charge is 2.33. The van der Waals surface area contributed by atoms with Gasteiger partial charge in [0.05, 0.1) is 5.56 Å². The quantitative estimate of drug-likeness (QED) is 0.834. The van der Waals surface area contributed by atoms with Crippen molar-refractivity contribution in [2.24, 2.45) is 5.92 Å². The molecule has 5 heteroatoms. The average molecular weight is 333 g/mol. The van der Waals surface area contributed by atoms with Crippen molar-refractivity contribution in [2.75, 3.05) is 0 Å². The van der Waals surface area contributed by atoms with E-state index in [1.54, 1.807) is 6.07 Å². The third kappa shape index (κ3) is 3.45. The molecule has 2 unspecified atom stereocenters. The monoisotopic (exact) mass is 333 g/mol. The number of benzene rings is 1. The summed E-state index contributed by atoms with van der Waals surface area (Å²) >= 11 is 0. The van der Waals surface area contributed by atoms with Gasteiger partial charge < -0.3 is 5.32 Å². The summed E-state index contributed by atoms with van der Waals surface area (Å²) in [5.41, 5.74) is 1.67. The van der Waals surface area contributed by atoms with Gasteiger partial charge in [-0.25, -0.2) is 0 Å². The molecule has 1 N–H and O–H groups in total. The van der Waals surface area contributed by atoms with Gasteiger partial charge in [0.25, 0.3) is 0 Å². The molecule has 3 rings (SSSR count). The van der Waals surface area contributed by atoms with Crippen LogP contribution in [0, 0.1) is 5.92 Å². The molecule has 0 saturated heterocycles. The van der Waals surface area contributed by atoms with Crippen LogP contribution < -0.4 is 5.32 Å². The molecule has 0 saturated carbocycles. The van der Waals surface area contributed by atoms with Crippen LogP contribution in [0.4, 0.5) is 13.2 Å². The molecular weight excluding hydrogens is 315 g/mol. The SMILES string of the molecule is CC(=O)NC1=CC(c2cccc(C(F)(F)F)c2)C2CCC=CC2=C1. The first-order valence-electron chi connectivity index (χ1n) is 7.89. The minimum Gasteiger partial charge on any atom is -0.327 e. The van der Waals surface area contributed by atoms with Gasteiger partial charge >= 0.3 is 6.18 Å². The maximum absolute atomic E-state index is 13.0. The molecule has 1 aromatic carbocycles. The molecule has 126 valence electrons. The number of carbonyl (C=O) groups is 1.